The van der Waals surface area contributed by atoms with Gasteiger partial charge in [0, 0.05) is 6.21 Å². The molecule has 3 N–H and O–H groups in total. The van der Waals surface area contributed by atoms with Crippen molar-refractivity contribution in [1.82, 2.24) is 9.97 Å². The van der Waals surface area contributed by atoms with Crippen LogP contribution in [0.5, 0.6) is 5.88 Å². The number of benzene rings is 1. The van der Waals surface area contributed by atoms with E-state index in [1.54, 1.807) is 6.08 Å². The van der Waals surface area contributed by atoms with E-state index in [1.807, 2.05) is 30.3 Å². The SMILES string of the molecule is O=c1[nH]c(=S)[nH]c(O)c1C=CC=Nc1ccccc1. The number of aromatic nitrogens is 2. The third-order valence-corrected chi connectivity index (χ3v) is 2.49. The lowest BCUT2D eigenvalue weighted by Gasteiger charge is -1.96. The highest BCUT2D eigenvalue weighted by Crippen LogP contribution is 2.10. The van der Waals surface area contributed by atoms with E-state index in [-0.39, 0.29) is 16.2 Å². The molecule has 1 heterocycles. The van der Waals surface area contributed by atoms with E-state index in [0.717, 1.165) is 5.69 Å². The minimum Gasteiger partial charge on any atom is -0.494 e. The summed E-state index contributed by atoms with van der Waals surface area (Å²) in [6.45, 7) is 0. The van der Waals surface area contributed by atoms with Crippen LogP contribution in [0.3, 0.4) is 0 Å². The molecular formula is C13H11N3O2S. The fourth-order valence-corrected chi connectivity index (χ4v) is 1.61. The van der Waals surface area contributed by atoms with Crippen LogP contribution in [0.25, 0.3) is 6.08 Å². The predicted molar refractivity (Wildman–Crippen MR) is 77.5 cm³/mol. The van der Waals surface area contributed by atoms with Crippen molar-refractivity contribution < 1.29 is 5.11 Å². The summed E-state index contributed by atoms with van der Waals surface area (Å²) in [6.07, 6.45) is 4.55. The molecule has 19 heavy (non-hydrogen) atoms. The van der Waals surface area contributed by atoms with Crippen LogP contribution in [0.2, 0.25) is 0 Å². The molecule has 0 aliphatic heterocycles. The molecular weight excluding hydrogens is 262 g/mol. The average Bonchev–Trinajstić information content (AvgIpc) is 2.38. The summed E-state index contributed by atoms with van der Waals surface area (Å²) in [4.78, 5) is 20.5. The largest absolute Gasteiger partial charge is 0.494 e. The third-order valence-electron chi connectivity index (χ3n) is 2.29. The second kappa shape index (κ2) is 5.92. The van der Waals surface area contributed by atoms with Gasteiger partial charge in [0.1, 0.15) is 0 Å². The first kappa shape index (κ1) is 13.0. The zero-order valence-electron chi connectivity index (χ0n) is 9.83. The lowest BCUT2D eigenvalue weighted by molar-refractivity contribution is 0.448. The number of rotatable bonds is 3. The number of aromatic amines is 2. The average molecular weight is 273 g/mol. The molecule has 1 aromatic carbocycles. The van der Waals surface area contributed by atoms with Crippen molar-refractivity contribution in [1.29, 1.82) is 0 Å². The molecule has 2 rings (SSSR count). The number of aliphatic imine (C=N–C) groups is 1. The topological polar surface area (TPSA) is 81.2 Å². The van der Waals surface area contributed by atoms with Crippen molar-refractivity contribution in [3.05, 3.63) is 57.1 Å². The van der Waals surface area contributed by atoms with Crippen LogP contribution in [0.15, 0.2) is 46.2 Å². The smallest absolute Gasteiger partial charge is 0.262 e. The summed E-state index contributed by atoms with van der Waals surface area (Å²) in [5, 5.41) is 9.55. The lowest BCUT2D eigenvalue weighted by atomic mass is 10.3. The molecule has 1 aromatic heterocycles. The minimum atomic E-state index is -0.453. The zero-order chi connectivity index (χ0) is 13.7. The summed E-state index contributed by atoms with van der Waals surface area (Å²) in [6, 6.07) is 9.37. The Morgan fingerprint density at radius 3 is 2.63 bits per heavy atom. The van der Waals surface area contributed by atoms with Crippen LogP contribution >= 0.6 is 12.2 Å². The Balaban J connectivity index is 2.19. The molecule has 0 saturated heterocycles. The fourth-order valence-electron chi connectivity index (χ4n) is 1.42. The number of allylic oxidation sites excluding steroid dienone is 1. The van der Waals surface area contributed by atoms with Gasteiger partial charge in [0.25, 0.3) is 5.56 Å². The number of H-pyrrole nitrogens is 2. The van der Waals surface area contributed by atoms with Gasteiger partial charge in [-0.3, -0.25) is 14.8 Å². The van der Waals surface area contributed by atoms with Gasteiger partial charge in [-0.2, -0.15) is 0 Å². The first-order chi connectivity index (χ1) is 9.16. The Hall–Kier alpha value is -2.47. The van der Waals surface area contributed by atoms with Gasteiger partial charge in [0.05, 0.1) is 11.3 Å². The quantitative estimate of drug-likeness (QED) is 0.594. The second-order valence-electron chi connectivity index (χ2n) is 3.64. The molecule has 5 nitrogen and oxygen atoms in total. The van der Waals surface area contributed by atoms with Crippen LogP contribution in [0.4, 0.5) is 5.69 Å². The fraction of sp³-hybridized carbons (Fsp3) is 0. The van der Waals surface area contributed by atoms with Crippen molar-refractivity contribution in [3.8, 4) is 5.88 Å². The highest BCUT2D eigenvalue weighted by atomic mass is 32.1. The lowest BCUT2D eigenvalue weighted by Crippen LogP contribution is -2.10. The van der Waals surface area contributed by atoms with Crippen molar-refractivity contribution in [2.24, 2.45) is 4.99 Å². The van der Waals surface area contributed by atoms with Crippen LogP contribution in [-0.2, 0) is 0 Å². The molecule has 0 saturated carbocycles. The zero-order valence-corrected chi connectivity index (χ0v) is 10.6. The van der Waals surface area contributed by atoms with E-state index < -0.39 is 5.56 Å². The van der Waals surface area contributed by atoms with Gasteiger partial charge in [0.15, 0.2) is 4.77 Å². The Bertz CT molecular complexity index is 730. The summed E-state index contributed by atoms with van der Waals surface area (Å²) in [5.41, 5.74) is 0.455. The Labute approximate surface area is 114 Å². The number of aromatic hydroxyl groups is 1. The normalized spacial score (nSPS) is 11.4. The summed E-state index contributed by atoms with van der Waals surface area (Å²) in [7, 11) is 0. The Morgan fingerprint density at radius 2 is 1.95 bits per heavy atom. The summed E-state index contributed by atoms with van der Waals surface area (Å²) in [5.74, 6) is -0.266. The molecule has 0 aliphatic rings. The van der Waals surface area contributed by atoms with E-state index in [9.17, 15) is 9.90 Å². The Kier molecular flexibility index (Phi) is 4.04. The van der Waals surface area contributed by atoms with Gasteiger partial charge in [-0.15, -0.1) is 0 Å². The number of hydrogen-bond donors (Lipinski definition) is 3. The van der Waals surface area contributed by atoms with Gasteiger partial charge >= 0.3 is 0 Å². The molecule has 2 aromatic rings. The highest BCUT2D eigenvalue weighted by molar-refractivity contribution is 7.71. The second-order valence-corrected chi connectivity index (χ2v) is 4.05. The number of para-hydroxylation sites is 1. The monoisotopic (exact) mass is 273 g/mol. The first-order valence-electron chi connectivity index (χ1n) is 5.48. The maximum absolute atomic E-state index is 11.5. The summed E-state index contributed by atoms with van der Waals surface area (Å²) < 4.78 is 0.0811. The standard InChI is InChI=1S/C13H11N3O2S/c17-11-10(12(18)16-13(19)15-11)7-4-8-14-9-5-2-1-3-6-9/h1-8H,(H3,15,16,17,18,19). The van der Waals surface area contributed by atoms with Crippen LogP contribution in [-0.4, -0.2) is 21.3 Å². The third kappa shape index (κ3) is 3.49. The highest BCUT2D eigenvalue weighted by Gasteiger charge is 2.02. The Morgan fingerprint density at radius 1 is 1.21 bits per heavy atom. The molecule has 6 heteroatoms. The minimum absolute atomic E-state index is 0.0811. The molecule has 0 aliphatic carbocycles. The maximum atomic E-state index is 11.5. The van der Waals surface area contributed by atoms with E-state index >= 15 is 0 Å². The molecule has 0 unspecified atom stereocenters. The van der Waals surface area contributed by atoms with Crippen molar-refractivity contribution in [3.63, 3.8) is 0 Å². The van der Waals surface area contributed by atoms with Gasteiger partial charge in [-0.05, 0) is 36.5 Å². The molecule has 0 bridgehead atoms. The van der Waals surface area contributed by atoms with Gasteiger partial charge < -0.3 is 10.1 Å². The van der Waals surface area contributed by atoms with Gasteiger partial charge in [-0.25, -0.2) is 0 Å². The van der Waals surface area contributed by atoms with Gasteiger partial charge in [-0.1, -0.05) is 18.2 Å². The van der Waals surface area contributed by atoms with Crippen molar-refractivity contribution >= 4 is 30.2 Å². The molecule has 96 valence electrons. The molecule has 0 fully saturated rings. The van der Waals surface area contributed by atoms with Crippen molar-refractivity contribution in [2.45, 2.75) is 0 Å². The van der Waals surface area contributed by atoms with Crippen LogP contribution in [0, 0.1) is 4.77 Å². The maximum Gasteiger partial charge on any atom is 0.262 e. The van der Waals surface area contributed by atoms with Crippen LogP contribution < -0.4 is 5.56 Å². The number of nitrogens with one attached hydrogen (secondary N) is 2. The van der Waals surface area contributed by atoms with Crippen LogP contribution in [0.1, 0.15) is 5.56 Å². The molecule has 0 amide bonds. The molecule has 0 spiro atoms. The first-order valence-corrected chi connectivity index (χ1v) is 5.89. The van der Waals surface area contributed by atoms with E-state index in [1.165, 1.54) is 12.3 Å². The number of hydrogen-bond acceptors (Lipinski definition) is 4. The predicted octanol–water partition coefficient (Wildman–Crippen LogP) is 2.55. The van der Waals surface area contributed by atoms with Crippen molar-refractivity contribution in [2.75, 3.05) is 0 Å². The van der Waals surface area contributed by atoms with E-state index in [2.05, 4.69) is 15.0 Å². The van der Waals surface area contributed by atoms with E-state index in [0.29, 0.717) is 0 Å². The molecule has 0 radical (unpaired) electrons. The van der Waals surface area contributed by atoms with Gasteiger partial charge in [0.2, 0.25) is 5.88 Å². The molecule has 0 atom stereocenters. The van der Waals surface area contributed by atoms with E-state index in [4.69, 9.17) is 12.2 Å². The number of nitrogens with zero attached hydrogens (tertiary/aromatic N) is 1. The summed E-state index contributed by atoms with van der Waals surface area (Å²) >= 11 is 4.72.